The second-order valence-corrected chi connectivity index (χ2v) is 8.93. The van der Waals surface area contributed by atoms with E-state index >= 15 is 0 Å². The van der Waals surface area contributed by atoms with Crippen LogP contribution in [-0.4, -0.2) is 32.5 Å². The summed E-state index contributed by atoms with van der Waals surface area (Å²) in [6.07, 6.45) is -3.52. The Morgan fingerprint density at radius 3 is 2.34 bits per heavy atom. The minimum Gasteiger partial charge on any atom is -0.451 e. The fraction of sp³-hybridized carbons (Fsp3) is 0.250. The molecule has 0 saturated heterocycles. The predicted molar refractivity (Wildman–Crippen MR) is 102 cm³/mol. The number of fused-ring (bicyclic) bond motifs is 1. The molecule has 0 radical (unpaired) electrons. The van der Waals surface area contributed by atoms with Gasteiger partial charge < -0.3 is 9.32 Å². The molecular formula is C20H18F3NO4S. The van der Waals surface area contributed by atoms with Crippen LogP contribution in [-0.2, 0) is 28.3 Å². The van der Waals surface area contributed by atoms with Crippen LogP contribution in [0.25, 0.3) is 11.0 Å². The zero-order valence-corrected chi connectivity index (χ0v) is 16.5. The van der Waals surface area contributed by atoms with Gasteiger partial charge in [0.1, 0.15) is 5.58 Å². The number of alkyl halides is 3. The van der Waals surface area contributed by atoms with Crippen LogP contribution >= 0.6 is 0 Å². The monoisotopic (exact) mass is 425 g/mol. The first-order valence-corrected chi connectivity index (χ1v) is 10.6. The van der Waals surface area contributed by atoms with Crippen LogP contribution in [0.4, 0.5) is 13.2 Å². The maximum absolute atomic E-state index is 13.2. The van der Waals surface area contributed by atoms with Gasteiger partial charge in [0, 0.05) is 30.8 Å². The van der Waals surface area contributed by atoms with Crippen molar-refractivity contribution in [1.29, 1.82) is 0 Å². The van der Waals surface area contributed by atoms with E-state index < -0.39 is 33.2 Å². The summed E-state index contributed by atoms with van der Waals surface area (Å²) in [4.78, 5) is 14.0. The van der Waals surface area contributed by atoms with Gasteiger partial charge in [-0.05, 0) is 17.7 Å². The van der Waals surface area contributed by atoms with Crippen molar-refractivity contribution in [2.24, 2.45) is 0 Å². The Hall–Kier alpha value is -2.81. The summed E-state index contributed by atoms with van der Waals surface area (Å²) in [5.74, 6) is -1.31. The molecule has 0 spiro atoms. The molecule has 154 valence electrons. The van der Waals surface area contributed by atoms with E-state index in [0.717, 1.165) is 17.2 Å². The van der Waals surface area contributed by atoms with Gasteiger partial charge in [-0.2, -0.15) is 13.2 Å². The Balaban J connectivity index is 1.99. The van der Waals surface area contributed by atoms with E-state index in [1.54, 1.807) is 24.3 Å². The first-order chi connectivity index (χ1) is 13.5. The van der Waals surface area contributed by atoms with Gasteiger partial charge in [0.25, 0.3) is 5.91 Å². The Morgan fingerprint density at radius 2 is 1.69 bits per heavy atom. The topological polar surface area (TPSA) is 67.6 Å². The third-order valence-electron chi connectivity index (χ3n) is 4.38. The lowest BCUT2D eigenvalue weighted by molar-refractivity contribution is -0.138. The van der Waals surface area contributed by atoms with Crippen molar-refractivity contribution in [1.82, 2.24) is 4.90 Å². The number of halogens is 3. The van der Waals surface area contributed by atoms with Gasteiger partial charge in [-0.3, -0.25) is 4.79 Å². The van der Waals surface area contributed by atoms with Gasteiger partial charge in [0.2, 0.25) is 0 Å². The highest BCUT2D eigenvalue weighted by Crippen LogP contribution is 2.33. The van der Waals surface area contributed by atoms with E-state index in [9.17, 15) is 26.4 Å². The van der Waals surface area contributed by atoms with Crippen LogP contribution in [0.1, 0.15) is 27.2 Å². The normalized spacial score (nSPS) is 12.3. The van der Waals surface area contributed by atoms with E-state index in [2.05, 4.69) is 0 Å². The minimum absolute atomic E-state index is 0.0726. The molecule has 0 fully saturated rings. The maximum Gasteiger partial charge on any atom is 0.416 e. The Kier molecular flexibility index (Phi) is 5.44. The standard InChI is InChI=1S/C20H18F3NO4S/c1-24(11-13-7-3-5-9-16(13)20(21,22)23)19(25)18-15(12-29(2,26)27)14-8-4-6-10-17(14)28-18/h3-10H,11-12H2,1-2H3. The van der Waals surface area contributed by atoms with Gasteiger partial charge >= 0.3 is 6.18 Å². The number of hydrogen-bond donors (Lipinski definition) is 0. The number of carbonyl (C=O) groups is 1. The van der Waals surface area contributed by atoms with Gasteiger partial charge in [-0.25, -0.2) is 8.42 Å². The molecule has 0 aliphatic rings. The maximum atomic E-state index is 13.2. The van der Waals surface area contributed by atoms with E-state index in [1.165, 1.54) is 25.2 Å². The number of rotatable bonds is 5. The molecule has 0 bridgehead atoms. The highest BCUT2D eigenvalue weighted by Gasteiger charge is 2.34. The molecule has 0 unspecified atom stereocenters. The molecular weight excluding hydrogens is 407 g/mol. The van der Waals surface area contributed by atoms with Crippen molar-refractivity contribution >= 4 is 26.7 Å². The third kappa shape index (κ3) is 4.61. The predicted octanol–water partition coefficient (Wildman–Crippen LogP) is 4.27. The smallest absolute Gasteiger partial charge is 0.416 e. The molecule has 0 aliphatic heterocycles. The number of para-hydroxylation sites is 1. The molecule has 5 nitrogen and oxygen atoms in total. The zero-order valence-electron chi connectivity index (χ0n) is 15.7. The van der Waals surface area contributed by atoms with E-state index in [1.807, 2.05) is 0 Å². The van der Waals surface area contributed by atoms with E-state index in [4.69, 9.17) is 4.42 Å². The summed E-state index contributed by atoms with van der Waals surface area (Å²) in [6, 6.07) is 11.6. The van der Waals surface area contributed by atoms with Crippen molar-refractivity contribution in [3.05, 3.63) is 71.0 Å². The van der Waals surface area contributed by atoms with Crippen molar-refractivity contribution in [2.45, 2.75) is 18.5 Å². The quantitative estimate of drug-likeness (QED) is 0.612. The molecule has 1 aromatic heterocycles. The highest BCUT2D eigenvalue weighted by molar-refractivity contribution is 7.89. The largest absolute Gasteiger partial charge is 0.451 e. The summed E-state index contributed by atoms with van der Waals surface area (Å²) < 4.78 is 68.9. The summed E-state index contributed by atoms with van der Waals surface area (Å²) >= 11 is 0. The van der Waals surface area contributed by atoms with Crippen LogP contribution < -0.4 is 0 Å². The summed E-state index contributed by atoms with van der Waals surface area (Å²) in [5, 5.41) is 0.477. The number of benzene rings is 2. The SMILES string of the molecule is CN(Cc1ccccc1C(F)(F)F)C(=O)c1oc2ccccc2c1CS(C)(=O)=O. The van der Waals surface area contributed by atoms with Crippen LogP contribution in [0.5, 0.6) is 0 Å². The second kappa shape index (κ2) is 7.55. The molecule has 29 heavy (non-hydrogen) atoms. The average Bonchev–Trinajstić information content (AvgIpc) is 2.97. The van der Waals surface area contributed by atoms with Crippen molar-refractivity contribution in [2.75, 3.05) is 13.3 Å². The number of amides is 1. The number of hydrogen-bond acceptors (Lipinski definition) is 4. The molecule has 9 heteroatoms. The summed E-state index contributed by atoms with van der Waals surface area (Å²) in [7, 11) is -2.14. The van der Waals surface area contributed by atoms with Gasteiger partial charge in [-0.15, -0.1) is 0 Å². The molecule has 1 heterocycles. The molecule has 0 atom stereocenters. The Bertz CT molecular complexity index is 1170. The molecule has 0 saturated carbocycles. The molecule has 3 rings (SSSR count). The fourth-order valence-corrected chi connectivity index (χ4v) is 3.92. The van der Waals surface area contributed by atoms with E-state index in [0.29, 0.717) is 11.0 Å². The van der Waals surface area contributed by atoms with Crippen molar-refractivity contribution in [3.63, 3.8) is 0 Å². The minimum atomic E-state index is -4.55. The summed E-state index contributed by atoms with van der Waals surface area (Å²) in [5.41, 5.74) is -0.375. The second-order valence-electron chi connectivity index (χ2n) is 6.79. The number of nitrogens with zero attached hydrogens (tertiary/aromatic N) is 1. The lowest BCUT2D eigenvalue weighted by Gasteiger charge is -2.19. The molecule has 3 aromatic rings. The first-order valence-electron chi connectivity index (χ1n) is 8.56. The average molecular weight is 425 g/mol. The van der Waals surface area contributed by atoms with Crippen molar-refractivity contribution in [3.8, 4) is 0 Å². The Morgan fingerprint density at radius 1 is 1.07 bits per heavy atom. The van der Waals surface area contributed by atoms with Gasteiger partial charge in [0.15, 0.2) is 15.6 Å². The zero-order chi connectivity index (χ0) is 21.4. The van der Waals surface area contributed by atoms with E-state index in [-0.39, 0.29) is 23.4 Å². The van der Waals surface area contributed by atoms with Crippen LogP contribution in [0.3, 0.4) is 0 Å². The van der Waals surface area contributed by atoms with Gasteiger partial charge in [0.05, 0.1) is 11.3 Å². The van der Waals surface area contributed by atoms with Crippen LogP contribution in [0.15, 0.2) is 52.9 Å². The number of sulfone groups is 1. The summed E-state index contributed by atoms with van der Waals surface area (Å²) in [6.45, 7) is -0.316. The number of carbonyl (C=O) groups excluding carboxylic acids is 1. The first kappa shape index (κ1) is 20.9. The lowest BCUT2D eigenvalue weighted by atomic mass is 10.1. The molecule has 0 aliphatic carbocycles. The number of furan rings is 1. The fourth-order valence-electron chi connectivity index (χ4n) is 3.11. The van der Waals surface area contributed by atoms with Crippen LogP contribution in [0, 0.1) is 0 Å². The van der Waals surface area contributed by atoms with Crippen LogP contribution in [0.2, 0.25) is 0 Å². The Labute approximate surface area is 165 Å². The van der Waals surface area contributed by atoms with Gasteiger partial charge in [-0.1, -0.05) is 36.4 Å². The third-order valence-corrected chi connectivity index (χ3v) is 5.19. The molecule has 0 N–H and O–H groups in total. The highest BCUT2D eigenvalue weighted by atomic mass is 32.2. The molecule has 1 amide bonds. The molecule has 2 aromatic carbocycles. The lowest BCUT2D eigenvalue weighted by Crippen LogP contribution is -2.28. The van der Waals surface area contributed by atoms with Crippen molar-refractivity contribution < 1.29 is 30.8 Å².